The van der Waals surface area contributed by atoms with Crippen LogP contribution in [-0.4, -0.2) is 31.6 Å². The molecule has 1 aromatic rings. The maximum absolute atomic E-state index is 11.9. The third-order valence-corrected chi connectivity index (χ3v) is 4.44. The highest BCUT2D eigenvalue weighted by Crippen LogP contribution is 2.32. The molecule has 1 heterocycles. The van der Waals surface area contributed by atoms with Gasteiger partial charge < -0.3 is 14.8 Å². The molecule has 0 fully saturated rings. The van der Waals surface area contributed by atoms with E-state index in [9.17, 15) is 14.4 Å². The monoisotopic (exact) mass is 341 g/mol. The van der Waals surface area contributed by atoms with Gasteiger partial charge in [0.05, 0.1) is 12.7 Å². The summed E-state index contributed by atoms with van der Waals surface area (Å²) in [5.41, 5.74) is 1.11. The van der Waals surface area contributed by atoms with Gasteiger partial charge in [-0.15, -0.1) is 11.3 Å². The Morgan fingerprint density at radius 1 is 1.22 bits per heavy atom. The highest BCUT2D eigenvalue weighted by Gasteiger charge is 2.21. The van der Waals surface area contributed by atoms with E-state index in [-0.39, 0.29) is 13.0 Å². The Kier molecular flexibility index (Phi) is 7.22. The zero-order valence-electron chi connectivity index (χ0n) is 14.1. The number of hydrogen-bond donors (Lipinski definition) is 1. The lowest BCUT2D eigenvalue weighted by Gasteiger charge is -2.08. The van der Waals surface area contributed by atoms with Crippen LogP contribution in [0.2, 0.25) is 0 Å². The van der Waals surface area contributed by atoms with Gasteiger partial charge in [-0.05, 0) is 31.7 Å². The molecule has 1 rings (SSSR count). The third kappa shape index (κ3) is 5.67. The molecule has 0 unspecified atom stereocenters. The van der Waals surface area contributed by atoms with E-state index in [1.54, 1.807) is 6.92 Å². The molecule has 0 bridgehead atoms. The highest BCUT2D eigenvalue weighted by atomic mass is 32.1. The summed E-state index contributed by atoms with van der Waals surface area (Å²) in [7, 11) is 1.29. The van der Waals surface area contributed by atoms with Crippen LogP contribution in [0.15, 0.2) is 0 Å². The summed E-state index contributed by atoms with van der Waals surface area (Å²) in [6.07, 6.45) is 1.01. The summed E-state index contributed by atoms with van der Waals surface area (Å²) in [6, 6.07) is 0. The second-order valence-electron chi connectivity index (χ2n) is 5.62. The lowest BCUT2D eigenvalue weighted by atomic mass is 10.1. The van der Waals surface area contributed by atoms with Gasteiger partial charge in [-0.25, -0.2) is 4.79 Å². The quantitative estimate of drug-likeness (QED) is 0.771. The zero-order valence-corrected chi connectivity index (χ0v) is 15.0. The molecule has 0 saturated heterocycles. The van der Waals surface area contributed by atoms with Gasteiger partial charge in [0, 0.05) is 11.3 Å². The molecule has 1 amide bonds. The number of amides is 1. The number of carbonyl (C=O) groups excluding carboxylic acids is 3. The van der Waals surface area contributed by atoms with Gasteiger partial charge in [0.1, 0.15) is 5.00 Å². The molecule has 0 radical (unpaired) electrons. The van der Waals surface area contributed by atoms with E-state index in [1.165, 1.54) is 18.4 Å². The maximum atomic E-state index is 11.9. The molecule has 1 aromatic heterocycles. The molecule has 0 atom stereocenters. The summed E-state index contributed by atoms with van der Waals surface area (Å²) in [5.74, 6) is -0.984. The van der Waals surface area contributed by atoms with Crippen molar-refractivity contribution in [2.75, 3.05) is 19.0 Å². The minimum atomic E-state index is -0.504. The van der Waals surface area contributed by atoms with Crippen molar-refractivity contribution in [3.63, 3.8) is 0 Å². The first-order chi connectivity index (χ1) is 10.8. The van der Waals surface area contributed by atoms with E-state index in [2.05, 4.69) is 5.32 Å². The summed E-state index contributed by atoms with van der Waals surface area (Å²) < 4.78 is 9.66. The highest BCUT2D eigenvalue weighted by molar-refractivity contribution is 7.16. The Morgan fingerprint density at radius 3 is 2.43 bits per heavy atom. The Balaban J connectivity index is 2.63. The molecule has 0 saturated carbocycles. The largest absolute Gasteiger partial charge is 0.465 e. The van der Waals surface area contributed by atoms with Gasteiger partial charge in [-0.1, -0.05) is 13.8 Å². The van der Waals surface area contributed by atoms with Crippen LogP contribution >= 0.6 is 11.3 Å². The first-order valence-electron chi connectivity index (χ1n) is 7.40. The van der Waals surface area contributed by atoms with Crippen LogP contribution in [0.4, 0.5) is 5.00 Å². The van der Waals surface area contributed by atoms with E-state index >= 15 is 0 Å². The number of methoxy groups -OCH3 is 1. The van der Waals surface area contributed by atoms with Gasteiger partial charge in [0.15, 0.2) is 6.61 Å². The predicted molar refractivity (Wildman–Crippen MR) is 88.8 cm³/mol. The number of aryl methyl sites for hydroxylation is 1. The number of anilines is 1. The molecule has 1 N–H and O–H groups in total. The summed E-state index contributed by atoms with van der Waals surface area (Å²) >= 11 is 1.29. The molecule has 128 valence electrons. The van der Waals surface area contributed by atoms with E-state index in [4.69, 9.17) is 9.47 Å². The number of thiophene rings is 1. The molecule has 6 nitrogen and oxygen atoms in total. The van der Waals surface area contributed by atoms with E-state index < -0.39 is 17.8 Å². The second-order valence-corrected chi connectivity index (χ2v) is 6.85. The minimum Gasteiger partial charge on any atom is -0.465 e. The van der Waals surface area contributed by atoms with Gasteiger partial charge in [-0.2, -0.15) is 0 Å². The fourth-order valence-electron chi connectivity index (χ4n) is 1.85. The fraction of sp³-hybridized carbons (Fsp3) is 0.562. The molecular weight excluding hydrogens is 318 g/mol. The number of carbonyl (C=O) groups is 3. The summed E-state index contributed by atoms with van der Waals surface area (Å²) in [4.78, 5) is 36.1. The zero-order chi connectivity index (χ0) is 17.6. The van der Waals surface area contributed by atoms with Crippen LogP contribution < -0.4 is 5.32 Å². The van der Waals surface area contributed by atoms with Crippen molar-refractivity contribution in [3.8, 4) is 0 Å². The van der Waals surface area contributed by atoms with Crippen molar-refractivity contribution >= 4 is 34.2 Å². The van der Waals surface area contributed by atoms with Crippen molar-refractivity contribution < 1.29 is 23.9 Å². The molecule has 0 aliphatic carbocycles. The Labute approximate surface area is 140 Å². The van der Waals surface area contributed by atoms with Gasteiger partial charge in [0.2, 0.25) is 0 Å². The Morgan fingerprint density at radius 2 is 1.87 bits per heavy atom. The van der Waals surface area contributed by atoms with Crippen LogP contribution in [0.25, 0.3) is 0 Å². The van der Waals surface area contributed by atoms with Gasteiger partial charge >= 0.3 is 11.9 Å². The smallest absolute Gasteiger partial charge is 0.341 e. The summed E-state index contributed by atoms with van der Waals surface area (Å²) in [5, 5.41) is 3.02. The van der Waals surface area contributed by atoms with Crippen molar-refractivity contribution in [1.82, 2.24) is 0 Å². The standard InChI is InChI=1S/C16H23NO5S/c1-9(2)6-7-13(19)22-8-12(18)17-15-14(16(20)21-5)10(3)11(4)23-15/h9H,6-8H2,1-5H3,(H,17,18). The Bertz CT molecular complexity index is 592. The van der Waals surface area contributed by atoms with Crippen molar-refractivity contribution in [2.24, 2.45) is 5.92 Å². The average molecular weight is 341 g/mol. The third-order valence-electron chi connectivity index (χ3n) is 3.32. The van der Waals surface area contributed by atoms with Gasteiger partial charge in [0.25, 0.3) is 5.91 Å². The van der Waals surface area contributed by atoms with Gasteiger partial charge in [-0.3, -0.25) is 9.59 Å². The van der Waals surface area contributed by atoms with E-state index in [0.717, 1.165) is 16.9 Å². The Hall–Kier alpha value is -1.89. The predicted octanol–water partition coefficient (Wildman–Crippen LogP) is 3.07. The van der Waals surface area contributed by atoms with Crippen LogP contribution in [0.3, 0.4) is 0 Å². The fourth-order valence-corrected chi connectivity index (χ4v) is 2.92. The van der Waals surface area contributed by atoms with E-state index in [0.29, 0.717) is 16.5 Å². The molecule has 0 spiro atoms. The summed E-state index contributed by atoms with van der Waals surface area (Å²) in [6.45, 7) is 7.30. The number of esters is 2. The minimum absolute atomic E-state index is 0.287. The molecular formula is C16H23NO5S. The molecule has 0 aromatic carbocycles. The lowest BCUT2D eigenvalue weighted by Crippen LogP contribution is -2.21. The van der Waals surface area contributed by atoms with Crippen LogP contribution in [0, 0.1) is 19.8 Å². The SMILES string of the molecule is COC(=O)c1c(NC(=O)COC(=O)CCC(C)C)sc(C)c1C. The first kappa shape index (κ1) is 19.2. The topological polar surface area (TPSA) is 81.7 Å². The number of ether oxygens (including phenoxy) is 2. The van der Waals surface area contributed by atoms with Crippen molar-refractivity contribution in [3.05, 3.63) is 16.0 Å². The molecule has 7 heteroatoms. The van der Waals surface area contributed by atoms with Crippen molar-refractivity contribution in [1.29, 1.82) is 0 Å². The normalized spacial score (nSPS) is 10.5. The van der Waals surface area contributed by atoms with Crippen LogP contribution in [0.5, 0.6) is 0 Å². The molecule has 0 aliphatic rings. The van der Waals surface area contributed by atoms with Crippen LogP contribution in [-0.2, 0) is 19.1 Å². The lowest BCUT2D eigenvalue weighted by molar-refractivity contribution is -0.147. The number of rotatable bonds is 7. The van der Waals surface area contributed by atoms with E-state index in [1.807, 2.05) is 20.8 Å². The van der Waals surface area contributed by atoms with Crippen LogP contribution in [0.1, 0.15) is 47.5 Å². The first-order valence-corrected chi connectivity index (χ1v) is 8.21. The average Bonchev–Trinajstić information content (AvgIpc) is 2.76. The number of nitrogens with one attached hydrogen (secondary N) is 1. The van der Waals surface area contributed by atoms with Crippen molar-refractivity contribution in [2.45, 2.75) is 40.5 Å². The number of hydrogen-bond acceptors (Lipinski definition) is 6. The maximum Gasteiger partial charge on any atom is 0.341 e. The second kappa shape index (κ2) is 8.67. The molecule has 0 aliphatic heterocycles. The molecule has 23 heavy (non-hydrogen) atoms.